The largest absolute Gasteiger partial charge is 0.354 e. The standard InChI is InChI=1S/C12H21NOS/c1-9(6-10-2-3-10)13-11(14)7-12(8-15)4-5-12/h9-10,15H,2-8H2,1H3,(H,13,14). The van der Waals surface area contributed by atoms with Crippen molar-refractivity contribution in [3.8, 4) is 0 Å². The first-order valence-electron chi connectivity index (χ1n) is 6.04. The molecule has 0 saturated heterocycles. The van der Waals surface area contributed by atoms with E-state index in [9.17, 15) is 4.79 Å². The van der Waals surface area contributed by atoms with Gasteiger partial charge < -0.3 is 5.32 Å². The first-order chi connectivity index (χ1) is 7.13. The van der Waals surface area contributed by atoms with E-state index in [4.69, 9.17) is 0 Å². The van der Waals surface area contributed by atoms with Crippen molar-refractivity contribution in [1.82, 2.24) is 5.32 Å². The van der Waals surface area contributed by atoms with Crippen LogP contribution in [0.1, 0.15) is 45.4 Å². The zero-order chi connectivity index (χ0) is 10.9. The van der Waals surface area contributed by atoms with Crippen LogP contribution in [-0.2, 0) is 4.79 Å². The number of nitrogens with one attached hydrogen (secondary N) is 1. The summed E-state index contributed by atoms with van der Waals surface area (Å²) in [5.74, 6) is 1.98. The van der Waals surface area contributed by atoms with Gasteiger partial charge in [0.25, 0.3) is 0 Å². The fourth-order valence-electron chi connectivity index (χ4n) is 2.15. The number of carbonyl (C=O) groups excluding carboxylic acids is 1. The Kier molecular flexibility index (Phi) is 3.29. The Morgan fingerprint density at radius 3 is 2.67 bits per heavy atom. The van der Waals surface area contributed by atoms with Crippen LogP contribution in [0.4, 0.5) is 0 Å². The topological polar surface area (TPSA) is 29.1 Å². The van der Waals surface area contributed by atoms with Gasteiger partial charge in [-0.25, -0.2) is 0 Å². The van der Waals surface area contributed by atoms with Crippen molar-refractivity contribution in [2.45, 2.75) is 51.5 Å². The zero-order valence-electron chi connectivity index (χ0n) is 9.46. The summed E-state index contributed by atoms with van der Waals surface area (Å²) in [6, 6.07) is 0.362. The van der Waals surface area contributed by atoms with E-state index >= 15 is 0 Å². The van der Waals surface area contributed by atoms with Crippen LogP contribution >= 0.6 is 12.6 Å². The van der Waals surface area contributed by atoms with Gasteiger partial charge in [-0.1, -0.05) is 12.8 Å². The summed E-state index contributed by atoms with van der Waals surface area (Å²) in [4.78, 5) is 11.7. The third-order valence-corrected chi connectivity index (χ3v) is 4.29. The minimum Gasteiger partial charge on any atom is -0.354 e. The summed E-state index contributed by atoms with van der Waals surface area (Å²) in [5.41, 5.74) is 0.256. The monoisotopic (exact) mass is 227 g/mol. The molecule has 0 aromatic carbocycles. The first-order valence-corrected chi connectivity index (χ1v) is 6.67. The fraction of sp³-hybridized carbons (Fsp3) is 0.917. The van der Waals surface area contributed by atoms with Crippen molar-refractivity contribution < 1.29 is 4.79 Å². The molecule has 1 atom stereocenters. The highest BCUT2D eigenvalue weighted by Crippen LogP contribution is 2.49. The molecule has 0 aromatic rings. The molecule has 2 fully saturated rings. The average molecular weight is 227 g/mol. The smallest absolute Gasteiger partial charge is 0.220 e. The Bertz CT molecular complexity index is 246. The van der Waals surface area contributed by atoms with E-state index in [1.807, 2.05) is 0 Å². The fourth-order valence-corrected chi connectivity index (χ4v) is 2.57. The summed E-state index contributed by atoms with van der Waals surface area (Å²) in [6.45, 7) is 2.12. The van der Waals surface area contributed by atoms with Crippen molar-refractivity contribution >= 4 is 18.5 Å². The molecule has 86 valence electrons. The molecular formula is C12H21NOS. The Morgan fingerprint density at radius 2 is 2.20 bits per heavy atom. The number of rotatable bonds is 6. The van der Waals surface area contributed by atoms with E-state index < -0.39 is 0 Å². The van der Waals surface area contributed by atoms with Crippen LogP contribution in [0.25, 0.3) is 0 Å². The molecule has 0 spiro atoms. The number of carbonyl (C=O) groups is 1. The Labute approximate surface area is 97.6 Å². The lowest BCUT2D eigenvalue weighted by Crippen LogP contribution is -2.34. The van der Waals surface area contributed by atoms with Gasteiger partial charge >= 0.3 is 0 Å². The Balaban J connectivity index is 1.67. The van der Waals surface area contributed by atoms with Crippen molar-refractivity contribution in [3.05, 3.63) is 0 Å². The molecule has 0 radical (unpaired) electrons. The molecule has 0 aliphatic heterocycles. The maximum atomic E-state index is 11.7. The lowest BCUT2D eigenvalue weighted by atomic mass is 10.0. The van der Waals surface area contributed by atoms with Gasteiger partial charge in [0.1, 0.15) is 0 Å². The van der Waals surface area contributed by atoms with Gasteiger partial charge in [0.15, 0.2) is 0 Å². The lowest BCUT2D eigenvalue weighted by molar-refractivity contribution is -0.122. The second-order valence-electron chi connectivity index (χ2n) is 5.48. The van der Waals surface area contributed by atoms with Crippen molar-refractivity contribution in [2.24, 2.45) is 11.3 Å². The van der Waals surface area contributed by atoms with Crippen LogP contribution in [0.5, 0.6) is 0 Å². The predicted molar refractivity (Wildman–Crippen MR) is 65.1 cm³/mol. The van der Waals surface area contributed by atoms with Crippen LogP contribution in [0, 0.1) is 11.3 Å². The van der Waals surface area contributed by atoms with E-state index in [1.54, 1.807) is 0 Å². The van der Waals surface area contributed by atoms with Crippen molar-refractivity contribution in [1.29, 1.82) is 0 Å². The quantitative estimate of drug-likeness (QED) is 0.670. The molecular weight excluding hydrogens is 206 g/mol. The molecule has 0 aromatic heterocycles. The number of amides is 1. The minimum atomic E-state index is 0.231. The number of hydrogen-bond donors (Lipinski definition) is 2. The van der Waals surface area contributed by atoms with Gasteiger partial charge in [-0.3, -0.25) is 4.79 Å². The molecule has 1 amide bonds. The molecule has 0 bridgehead atoms. The minimum absolute atomic E-state index is 0.231. The molecule has 0 heterocycles. The van der Waals surface area contributed by atoms with Crippen molar-refractivity contribution in [3.63, 3.8) is 0 Å². The number of thiol groups is 1. The first kappa shape index (κ1) is 11.3. The third-order valence-electron chi connectivity index (χ3n) is 3.62. The molecule has 2 aliphatic carbocycles. The predicted octanol–water partition coefficient (Wildman–Crippen LogP) is 2.39. The molecule has 1 unspecified atom stereocenters. The van der Waals surface area contributed by atoms with Crippen LogP contribution in [0.2, 0.25) is 0 Å². The van der Waals surface area contributed by atoms with Gasteiger partial charge in [-0.15, -0.1) is 0 Å². The zero-order valence-corrected chi connectivity index (χ0v) is 10.4. The highest BCUT2D eigenvalue weighted by atomic mass is 32.1. The highest BCUT2D eigenvalue weighted by molar-refractivity contribution is 7.80. The van der Waals surface area contributed by atoms with Gasteiger partial charge in [0, 0.05) is 12.5 Å². The van der Waals surface area contributed by atoms with Crippen LogP contribution in [0.3, 0.4) is 0 Å². The molecule has 2 nitrogen and oxygen atoms in total. The van der Waals surface area contributed by atoms with Crippen LogP contribution < -0.4 is 5.32 Å². The number of hydrogen-bond acceptors (Lipinski definition) is 2. The SMILES string of the molecule is CC(CC1CC1)NC(=O)CC1(CS)CC1. The van der Waals surface area contributed by atoms with E-state index in [2.05, 4.69) is 24.9 Å². The van der Waals surface area contributed by atoms with E-state index in [-0.39, 0.29) is 11.3 Å². The van der Waals surface area contributed by atoms with Gasteiger partial charge in [0.05, 0.1) is 0 Å². The van der Waals surface area contributed by atoms with E-state index in [1.165, 1.54) is 32.1 Å². The lowest BCUT2D eigenvalue weighted by Gasteiger charge is -2.16. The summed E-state index contributed by atoms with van der Waals surface area (Å²) in [6.07, 6.45) is 6.94. The third kappa shape index (κ3) is 3.40. The Hall–Kier alpha value is -0.180. The Morgan fingerprint density at radius 1 is 1.53 bits per heavy atom. The second kappa shape index (κ2) is 4.36. The molecule has 1 N–H and O–H groups in total. The summed E-state index contributed by atoms with van der Waals surface area (Å²) in [7, 11) is 0. The summed E-state index contributed by atoms with van der Waals surface area (Å²) >= 11 is 4.31. The van der Waals surface area contributed by atoms with Gasteiger partial charge in [-0.2, -0.15) is 12.6 Å². The van der Waals surface area contributed by atoms with Crippen LogP contribution in [-0.4, -0.2) is 17.7 Å². The van der Waals surface area contributed by atoms with E-state index in [0.29, 0.717) is 12.5 Å². The summed E-state index contributed by atoms with van der Waals surface area (Å²) < 4.78 is 0. The average Bonchev–Trinajstić information content (AvgIpc) is 3.02. The summed E-state index contributed by atoms with van der Waals surface area (Å²) in [5, 5.41) is 3.11. The normalized spacial score (nSPS) is 24.7. The van der Waals surface area contributed by atoms with Crippen LogP contribution in [0.15, 0.2) is 0 Å². The highest BCUT2D eigenvalue weighted by Gasteiger charge is 2.43. The van der Waals surface area contributed by atoms with Gasteiger partial charge in [-0.05, 0) is 43.3 Å². The molecule has 2 rings (SSSR count). The van der Waals surface area contributed by atoms with E-state index in [0.717, 1.165) is 11.7 Å². The molecule has 2 saturated carbocycles. The molecule has 3 heteroatoms. The molecule has 2 aliphatic rings. The maximum absolute atomic E-state index is 11.7. The van der Waals surface area contributed by atoms with Crippen molar-refractivity contribution in [2.75, 3.05) is 5.75 Å². The second-order valence-corrected chi connectivity index (χ2v) is 5.80. The molecule has 15 heavy (non-hydrogen) atoms. The van der Waals surface area contributed by atoms with Gasteiger partial charge in [0.2, 0.25) is 5.91 Å². The maximum Gasteiger partial charge on any atom is 0.220 e.